The largest absolute Gasteiger partial charge is 0.328 e. The molecule has 1 aromatic heterocycles. The molecule has 15 heavy (non-hydrogen) atoms. The zero-order valence-corrected chi connectivity index (χ0v) is 8.94. The normalized spacial score (nSPS) is 10.9. The van der Waals surface area contributed by atoms with Crippen molar-refractivity contribution < 1.29 is 4.79 Å². The smallest absolute Gasteiger partial charge is 0.295 e. The number of hydrogen-bond donors (Lipinski definition) is 0. The topological polar surface area (TPSA) is 44.0 Å². The highest BCUT2D eigenvalue weighted by Gasteiger charge is 2.09. The van der Waals surface area contributed by atoms with Crippen LogP contribution < -0.4 is 5.69 Å². The van der Waals surface area contributed by atoms with Gasteiger partial charge < -0.3 is 0 Å². The van der Waals surface area contributed by atoms with Gasteiger partial charge >= 0.3 is 5.69 Å². The summed E-state index contributed by atoms with van der Waals surface area (Å²) in [6.07, 6.45) is 0. The Morgan fingerprint density at radius 2 is 1.73 bits per heavy atom. The van der Waals surface area contributed by atoms with Gasteiger partial charge in [-0.3, -0.25) is 13.9 Å². The van der Waals surface area contributed by atoms with Crippen molar-refractivity contribution in [2.75, 3.05) is 0 Å². The van der Waals surface area contributed by atoms with Crippen molar-refractivity contribution in [3.8, 4) is 0 Å². The standard InChI is InChI=1S/C11H12N2O2/c1-7(14)8-4-5-9-10(6-8)13(3)11(15)12(9)2/h4-6H,1-3H3. The Kier molecular flexibility index (Phi) is 2.00. The molecule has 0 fully saturated rings. The Balaban J connectivity index is 2.89. The van der Waals surface area contributed by atoms with Gasteiger partial charge in [0.2, 0.25) is 0 Å². The Morgan fingerprint density at radius 3 is 2.33 bits per heavy atom. The number of benzene rings is 1. The van der Waals surface area contributed by atoms with Crippen molar-refractivity contribution in [1.82, 2.24) is 9.13 Å². The molecule has 0 unspecified atom stereocenters. The van der Waals surface area contributed by atoms with Crippen LogP contribution in [0, 0.1) is 0 Å². The van der Waals surface area contributed by atoms with Crippen LogP contribution in [0.15, 0.2) is 23.0 Å². The van der Waals surface area contributed by atoms with Crippen molar-refractivity contribution in [3.05, 3.63) is 34.2 Å². The predicted octanol–water partition coefficient (Wildman–Crippen LogP) is 1.08. The maximum atomic E-state index is 11.6. The third-order valence-corrected chi connectivity index (χ3v) is 2.68. The summed E-state index contributed by atoms with van der Waals surface area (Å²) in [5.41, 5.74) is 2.18. The van der Waals surface area contributed by atoms with E-state index in [0.717, 1.165) is 11.0 Å². The van der Waals surface area contributed by atoms with Crippen LogP contribution in [0.25, 0.3) is 11.0 Å². The van der Waals surface area contributed by atoms with Gasteiger partial charge in [0.1, 0.15) is 0 Å². The number of carbonyl (C=O) groups is 1. The molecule has 0 bridgehead atoms. The number of Topliss-reactive ketones (excluding diaryl/α,β-unsaturated/α-hetero) is 1. The quantitative estimate of drug-likeness (QED) is 0.652. The van der Waals surface area contributed by atoms with E-state index in [0.29, 0.717) is 5.56 Å². The average molecular weight is 204 g/mol. The summed E-state index contributed by atoms with van der Waals surface area (Å²) >= 11 is 0. The number of fused-ring (bicyclic) bond motifs is 1. The first-order chi connectivity index (χ1) is 7.02. The lowest BCUT2D eigenvalue weighted by Gasteiger charge is -1.97. The van der Waals surface area contributed by atoms with Crippen molar-refractivity contribution in [2.45, 2.75) is 6.92 Å². The Bertz CT molecular complexity index is 605. The van der Waals surface area contributed by atoms with E-state index in [1.807, 2.05) is 0 Å². The minimum Gasteiger partial charge on any atom is -0.295 e. The monoisotopic (exact) mass is 204 g/mol. The Labute approximate surface area is 86.7 Å². The maximum Gasteiger partial charge on any atom is 0.328 e. The van der Waals surface area contributed by atoms with Crippen LogP contribution in [0.2, 0.25) is 0 Å². The molecule has 0 aliphatic heterocycles. The number of imidazole rings is 1. The summed E-state index contributed by atoms with van der Waals surface area (Å²) in [6, 6.07) is 5.29. The first kappa shape index (κ1) is 9.71. The first-order valence-electron chi connectivity index (χ1n) is 4.69. The molecule has 0 N–H and O–H groups in total. The molecule has 0 saturated heterocycles. The van der Waals surface area contributed by atoms with E-state index in [9.17, 15) is 9.59 Å². The molecule has 0 saturated carbocycles. The molecule has 0 amide bonds. The van der Waals surface area contributed by atoms with Crippen LogP contribution >= 0.6 is 0 Å². The molecule has 78 valence electrons. The lowest BCUT2D eigenvalue weighted by molar-refractivity contribution is 0.101. The molecule has 0 spiro atoms. The number of rotatable bonds is 1. The molecule has 4 nitrogen and oxygen atoms in total. The van der Waals surface area contributed by atoms with E-state index in [1.165, 1.54) is 6.92 Å². The van der Waals surface area contributed by atoms with Gasteiger partial charge in [-0.2, -0.15) is 0 Å². The van der Waals surface area contributed by atoms with Crippen molar-refractivity contribution >= 4 is 16.8 Å². The number of aryl methyl sites for hydroxylation is 2. The van der Waals surface area contributed by atoms with Crippen LogP contribution in [-0.4, -0.2) is 14.9 Å². The van der Waals surface area contributed by atoms with Crippen molar-refractivity contribution in [3.63, 3.8) is 0 Å². The van der Waals surface area contributed by atoms with E-state index in [2.05, 4.69) is 0 Å². The number of hydrogen-bond acceptors (Lipinski definition) is 2. The average Bonchev–Trinajstić information content (AvgIpc) is 2.44. The number of ketones is 1. The highest BCUT2D eigenvalue weighted by atomic mass is 16.1. The fraction of sp³-hybridized carbons (Fsp3) is 0.273. The molecular formula is C11H12N2O2. The fourth-order valence-corrected chi connectivity index (χ4v) is 1.73. The summed E-state index contributed by atoms with van der Waals surface area (Å²) in [4.78, 5) is 22.8. The highest BCUT2D eigenvalue weighted by Crippen LogP contribution is 2.14. The van der Waals surface area contributed by atoms with Gasteiger partial charge in [0.25, 0.3) is 0 Å². The molecule has 2 aromatic rings. The Morgan fingerprint density at radius 1 is 1.13 bits per heavy atom. The molecule has 0 aliphatic rings. The van der Waals surface area contributed by atoms with Gasteiger partial charge in [-0.05, 0) is 25.1 Å². The summed E-state index contributed by atoms with van der Waals surface area (Å²) in [5, 5.41) is 0. The number of aromatic nitrogens is 2. The summed E-state index contributed by atoms with van der Waals surface area (Å²) in [6.45, 7) is 1.52. The zero-order chi connectivity index (χ0) is 11.2. The summed E-state index contributed by atoms with van der Waals surface area (Å²) in [5.74, 6) is 0.00759. The fourth-order valence-electron chi connectivity index (χ4n) is 1.73. The molecule has 0 atom stereocenters. The van der Waals surface area contributed by atoms with Gasteiger partial charge in [-0.25, -0.2) is 4.79 Å². The second kappa shape index (κ2) is 3.08. The third-order valence-electron chi connectivity index (χ3n) is 2.68. The van der Waals surface area contributed by atoms with Crippen LogP contribution in [0.1, 0.15) is 17.3 Å². The van der Waals surface area contributed by atoms with Gasteiger partial charge in [0.05, 0.1) is 11.0 Å². The molecule has 1 aromatic carbocycles. The molecule has 0 radical (unpaired) electrons. The van der Waals surface area contributed by atoms with Crippen LogP contribution in [-0.2, 0) is 14.1 Å². The maximum absolute atomic E-state index is 11.6. The van der Waals surface area contributed by atoms with E-state index in [4.69, 9.17) is 0 Å². The lowest BCUT2D eigenvalue weighted by atomic mass is 10.1. The van der Waals surface area contributed by atoms with Crippen LogP contribution in [0.5, 0.6) is 0 Å². The summed E-state index contributed by atoms with van der Waals surface area (Å²) in [7, 11) is 3.42. The second-order valence-electron chi connectivity index (χ2n) is 3.66. The molecular weight excluding hydrogens is 192 g/mol. The van der Waals surface area contributed by atoms with Gasteiger partial charge in [0.15, 0.2) is 5.78 Å². The molecule has 0 aliphatic carbocycles. The van der Waals surface area contributed by atoms with E-state index in [1.54, 1.807) is 41.4 Å². The van der Waals surface area contributed by atoms with E-state index in [-0.39, 0.29) is 11.5 Å². The van der Waals surface area contributed by atoms with Crippen molar-refractivity contribution in [2.24, 2.45) is 14.1 Å². The third kappa shape index (κ3) is 1.29. The first-order valence-corrected chi connectivity index (χ1v) is 4.69. The molecule has 4 heteroatoms. The Hall–Kier alpha value is -1.84. The minimum atomic E-state index is -0.0781. The predicted molar refractivity (Wildman–Crippen MR) is 58.2 cm³/mol. The number of carbonyl (C=O) groups excluding carboxylic acids is 1. The number of nitrogens with zero attached hydrogens (tertiary/aromatic N) is 2. The lowest BCUT2D eigenvalue weighted by Crippen LogP contribution is -2.19. The minimum absolute atomic E-state index is 0.00759. The van der Waals surface area contributed by atoms with E-state index >= 15 is 0 Å². The SMILES string of the molecule is CC(=O)c1ccc2c(c1)n(C)c(=O)n2C. The van der Waals surface area contributed by atoms with Gasteiger partial charge in [-0.15, -0.1) is 0 Å². The van der Waals surface area contributed by atoms with Gasteiger partial charge in [0, 0.05) is 19.7 Å². The molecule has 1 heterocycles. The second-order valence-corrected chi connectivity index (χ2v) is 3.66. The van der Waals surface area contributed by atoms with Crippen molar-refractivity contribution in [1.29, 1.82) is 0 Å². The van der Waals surface area contributed by atoms with E-state index < -0.39 is 0 Å². The van der Waals surface area contributed by atoms with Crippen LogP contribution in [0.3, 0.4) is 0 Å². The highest BCUT2D eigenvalue weighted by molar-refractivity contribution is 5.97. The summed E-state index contributed by atoms with van der Waals surface area (Å²) < 4.78 is 3.11. The van der Waals surface area contributed by atoms with Gasteiger partial charge in [-0.1, -0.05) is 0 Å². The zero-order valence-electron chi connectivity index (χ0n) is 8.94. The molecule has 2 rings (SSSR count). The van der Waals surface area contributed by atoms with Crippen LogP contribution in [0.4, 0.5) is 0 Å².